The lowest BCUT2D eigenvalue weighted by atomic mass is 10.1. The zero-order valence-corrected chi connectivity index (χ0v) is 20.9. The van der Waals surface area contributed by atoms with Gasteiger partial charge < -0.3 is 16.0 Å². The zero-order valence-electron chi connectivity index (χ0n) is 20.1. The van der Waals surface area contributed by atoms with E-state index in [1.54, 1.807) is 25.2 Å². The fraction of sp³-hybridized carbons (Fsp3) is 0.0769. The summed E-state index contributed by atoms with van der Waals surface area (Å²) in [7, 11) is 1.78. The molecular weight excluding hydrogens is 506 g/mol. The molecule has 0 radical (unpaired) electrons. The van der Waals surface area contributed by atoms with Crippen LogP contribution in [-0.2, 0) is 6.54 Å². The first-order valence-corrected chi connectivity index (χ1v) is 11.9. The van der Waals surface area contributed by atoms with E-state index in [2.05, 4.69) is 41.2 Å². The zero-order chi connectivity index (χ0) is 26.5. The van der Waals surface area contributed by atoms with Crippen LogP contribution in [0.2, 0.25) is 5.02 Å². The maximum atomic E-state index is 13.4. The van der Waals surface area contributed by atoms with Crippen molar-refractivity contribution in [1.29, 1.82) is 0 Å². The van der Waals surface area contributed by atoms with E-state index in [9.17, 15) is 9.59 Å². The van der Waals surface area contributed by atoms with Crippen molar-refractivity contribution in [3.8, 4) is 16.9 Å². The molecule has 38 heavy (non-hydrogen) atoms. The molecule has 2 amide bonds. The van der Waals surface area contributed by atoms with Crippen molar-refractivity contribution in [1.82, 2.24) is 35.3 Å². The molecule has 0 saturated carbocycles. The smallest absolute Gasteiger partial charge is 0.272 e. The minimum atomic E-state index is -0.465. The van der Waals surface area contributed by atoms with Gasteiger partial charge >= 0.3 is 0 Å². The lowest BCUT2D eigenvalue weighted by Gasteiger charge is -2.11. The van der Waals surface area contributed by atoms with Gasteiger partial charge in [0, 0.05) is 18.7 Å². The Bertz CT molecular complexity index is 1580. The van der Waals surface area contributed by atoms with Crippen molar-refractivity contribution in [2.75, 3.05) is 17.7 Å². The first kappa shape index (κ1) is 24.7. The standard InChI is InChI=1S/C26H22ClN9O2/c1-28-22-9-5-8-20(32-22)16-10-11-19(27)18(12-16)25(37)33-24-13-21(26(38)29-14-23-30-15-31-34-23)35-36(24)17-6-3-2-4-7-17/h2-13,15H,14H2,1H3,(H,28,32)(H,29,38)(H,33,37)(H,30,31,34). The van der Waals surface area contributed by atoms with Gasteiger partial charge in [-0.2, -0.15) is 10.2 Å². The highest BCUT2D eigenvalue weighted by Crippen LogP contribution is 2.26. The number of hydrogen-bond acceptors (Lipinski definition) is 7. The molecule has 4 N–H and O–H groups in total. The highest BCUT2D eigenvalue weighted by Gasteiger charge is 2.20. The average Bonchev–Trinajstić information content (AvgIpc) is 3.63. The van der Waals surface area contributed by atoms with Crippen LogP contribution in [0.25, 0.3) is 16.9 Å². The molecule has 0 aliphatic carbocycles. The second-order valence-corrected chi connectivity index (χ2v) is 8.49. The van der Waals surface area contributed by atoms with Gasteiger partial charge in [0.2, 0.25) is 0 Å². The van der Waals surface area contributed by atoms with Gasteiger partial charge in [-0.05, 0) is 36.4 Å². The minimum absolute atomic E-state index is 0.108. The summed E-state index contributed by atoms with van der Waals surface area (Å²) in [5.74, 6) is 0.583. The highest BCUT2D eigenvalue weighted by molar-refractivity contribution is 6.34. The second-order valence-electron chi connectivity index (χ2n) is 8.08. The van der Waals surface area contributed by atoms with E-state index in [0.29, 0.717) is 28.8 Å². The van der Waals surface area contributed by atoms with Gasteiger partial charge in [-0.3, -0.25) is 14.7 Å². The van der Waals surface area contributed by atoms with Crippen molar-refractivity contribution >= 4 is 35.1 Å². The third kappa shape index (κ3) is 5.37. The number of carbonyl (C=O) groups excluding carboxylic acids is 2. The largest absolute Gasteiger partial charge is 0.373 e. The van der Waals surface area contributed by atoms with Gasteiger partial charge in [-0.25, -0.2) is 14.6 Å². The summed E-state index contributed by atoms with van der Waals surface area (Å²) in [6.07, 6.45) is 1.35. The number of anilines is 2. The maximum absolute atomic E-state index is 13.4. The van der Waals surface area contributed by atoms with Gasteiger partial charge in [-0.15, -0.1) is 0 Å². The number of rotatable bonds is 8. The molecule has 0 atom stereocenters. The molecule has 5 rings (SSSR count). The summed E-state index contributed by atoms with van der Waals surface area (Å²) in [4.78, 5) is 34.7. The Balaban J connectivity index is 1.44. The SMILES string of the molecule is CNc1cccc(-c2ccc(Cl)c(C(=O)Nc3cc(C(=O)NCc4ncn[nH]4)nn3-c3ccccc3)c2)n1. The molecule has 0 spiro atoms. The van der Waals surface area contributed by atoms with Crippen molar-refractivity contribution in [3.63, 3.8) is 0 Å². The van der Waals surface area contributed by atoms with Crippen molar-refractivity contribution in [3.05, 3.63) is 101 Å². The van der Waals surface area contributed by atoms with Crippen LogP contribution in [0.15, 0.2) is 79.1 Å². The first-order valence-electron chi connectivity index (χ1n) is 11.6. The molecule has 190 valence electrons. The van der Waals surface area contributed by atoms with Gasteiger partial charge in [0.25, 0.3) is 11.8 Å². The second kappa shape index (κ2) is 10.9. The number of aromatic nitrogens is 6. The number of pyridine rings is 1. The Kier molecular flexibility index (Phi) is 7.09. The normalized spacial score (nSPS) is 10.7. The van der Waals surface area contributed by atoms with E-state index in [1.165, 1.54) is 17.1 Å². The Morgan fingerprint density at radius 1 is 1.00 bits per heavy atom. The van der Waals surface area contributed by atoms with Gasteiger partial charge in [-0.1, -0.05) is 41.9 Å². The summed E-state index contributed by atoms with van der Waals surface area (Å²) < 4.78 is 1.48. The number of aromatic amines is 1. The highest BCUT2D eigenvalue weighted by atomic mass is 35.5. The number of carbonyl (C=O) groups is 2. The van der Waals surface area contributed by atoms with E-state index in [-0.39, 0.29) is 22.8 Å². The van der Waals surface area contributed by atoms with Gasteiger partial charge in [0.15, 0.2) is 5.69 Å². The summed E-state index contributed by atoms with van der Waals surface area (Å²) in [5, 5.41) is 19.7. The van der Waals surface area contributed by atoms with Crippen LogP contribution in [0.1, 0.15) is 26.7 Å². The molecule has 0 saturated heterocycles. The lowest BCUT2D eigenvalue weighted by molar-refractivity contribution is 0.0943. The molecule has 3 heterocycles. The van der Waals surface area contributed by atoms with Crippen LogP contribution in [0.4, 0.5) is 11.6 Å². The molecule has 0 aliphatic heterocycles. The molecule has 2 aromatic carbocycles. The average molecular weight is 528 g/mol. The van der Waals surface area contributed by atoms with Crippen LogP contribution < -0.4 is 16.0 Å². The number of nitrogens with one attached hydrogen (secondary N) is 4. The van der Waals surface area contributed by atoms with Crippen LogP contribution in [0.5, 0.6) is 0 Å². The monoisotopic (exact) mass is 527 g/mol. The van der Waals surface area contributed by atoms with E-state index in [1.807, 2.05) is 48.5 Å². The predicted octanol–water partition coefficient (Wildman–Crippen LogP) is 3.93. The van der Waals surface area contributed by atoms with Crippen molar-refractivity contribution in [2.45, 2.75) is 6.54 Å². The van der Waals surface area contributed by atoms with Crippen LogP contribution >= 0.6 is 11.6 Å². The van der Waals surface area contributed by atoms with E-state index in [4.69, 9.17) is 11.6 Å². The topological polar surface area (TPSA) is 143 Å². The number of para-hydroxylation sites is 1. The summed E-state index contributed by atoms with van der Waals surface area (Å²) in [6, 6.07) is 21.3. The summed E-state index contributed by atoms with van der Waals surface area (Å²) in [5.41, 5.74) is 2.42. The maximum Gasteiger partial charge on any atom is 0.272 e. The molecule has 11 nitrogen and oxygen atoms in total. The van der Waals surface area contributed by atoms with Gasteiger partial charge in [0.1, 0.15) is 23.8 Å². The Morgan fingerprint density at radius 2 is 1.84 bits per heavy atom. The quantitative estimate of drug-likeness (QED) is 0.239. The molecule has 5 aromatic rings. The number of nitrogens with zero attached hydrogens (tertiary/aromatic N) is 5. The fourth-order valence-corrected chi connectivity index (χ4v) is 3.90. The number of H-pyrrole nitrogens is 1. The van der Waals surface area contributed by atoms with E-state index in [0.717, 1.165) is 5.56 Å². The van der Waals surface area contributed by atoms with Crippen LogP contribution in [0, 0.1) is 0 Å². The molecule has 3 aromatic heterocycles. The molecule has 0 aliphatic rings. The predicted molar refractivity (Wildman–Crippen MR) is 143 cm³/mol. The number of benzene rings is 2. The van der Waals surface area contributed by atoms with Crippen molar-refractivity contribution in [2.24, 2.45) is 0 Å². The Hall–Kier alpha value is -5.03. The summed E-state index contributed by atoms with van der Waals surface area (Å²) in [6.45, 7) is 0.143. The number of hydrogen-bond donors (Lipinski definition) is 4. The number of halogens is 1. The lowest BCUT2D eigenvalue weighted by Crippen LogP contribution is -2.24. The number of amides is 2. The third-order valence-corrected chi connectivity index (χ3v) is 5.91. The van der Waals surface area contributed by atoms with Crippen LogP contribution in [-0.4, -0.2) is 48.8 Å². The minimum Gasteiger partial charge on any atom is -0.373 e. The molecule has 0 bridgehead atoms. The first-order chi connectivity index (χ1) is 18.5. The molecule has 0 fully saturated rings. The fourth-order valence-electron chi connectivity index (χ4n) is 3.69. The third-order valence-electron chi connectivity index (χ3n) is 5.58. The Morgan fingerprint density at radius 3 is 2.61 bits per heavy atom. The molecule has 12 heteroatoms. The van der Waals surface area contributed by atoms with E-state index >= 15 is 0 Å². The molecular formula is C26H22ClN9O2. The van der Waals surface area contributed by atoms with E-state index < -0.39 is 11.8 Å². The van der Waals surface area contributed by atoms with Crippen LogP contribution in [0.3, 0.4) is 0 Å². The van der Waals surface area contributed by atoms with Crippen molar-refractivity contribution < 1.29 is 9.59 Å². The Labute approximate surface area is 222 Å². The summed E-state index contributed by atoms with van der Waals surface area (Å²) >= 11 is 6.41. The van der Waals surface area contributed by atoms with Gasteiger partial charge in [0.05, 0.1) is 28.5 Å². The molecule has 0 unspecified atom stereocenters.